The van der Waals surface area contributed by atoms with Crippen LogP contribution >= 0.6 is 0 Å². The molecule has 1 aliphatic carbocycles. The largest absolute Gasteiger partial charge is 0.490 e. The SMILES string of the molecule is NOCCc1ccc(OCC2CC2)c(F)c1. The Morgan fingerprint density at radius 2 is 2.19 bits per heavy atom. The molecule has 1 aliphatic rings. The molecule has 0 heterocycles. The van der Waals surface area contributed by atoms with Crippen LogP contribution in [0.2, 0.25) is 0 Å². The number of hydrogen-bond donors (Lipinski definition) is 1. The van der Waals surface area contributed by atoms with Crippen LogP contribution in [0.25, 0.3) is 0 Å². The quantitative estimate of drug-likeness (QED) is 0.753. The molecule has 0 saturated heterocycles. The van der Waals surface area contributed by atoms with Crippen molar-refractivity contribution in [2.45, 2.75) is 19.3 Å². The van der Waals surface area contributed by atoms with Gasteiger partial charge < -0.3 is 9.57 Å². The van der Waals surface area contributed by atoms with Gasteiger partial charge >= 0.3 is 0 Å². The van der Waals surface area contributed by atoms with Gasteiger partial charge in [0.2, 0.25) is 0 Å². The summed E-state index contributed by atoms with van der Waals surface area (Å²) in [5.41, 5.74) is 0.863. The molecule has 1 aromatic carbocycles. The molecule has 0 amide bonds. The van der Waals surface area contributed by atoms with Gasteiger partial charge in [0.1, 0.15) is 0 Å². The van der Waals surface area contributed by atoms with E-state index in [0.717, 1.165) is 5.56 Å². The van der Waals surface area contributed by atoms with Gasteiger partial charge in [-0.3, -0.25) is 0 Å². The van der Waals surface area contributed by atoms with Gasteiger partial charge in [-0.2, -0.15) is 0 Å². The Morgan fingerprint density at radius 1 is 1.38 bits per heavy atom. The van der Waals surface area contributed by atoms with Gasteiger partial charge in [0.15, 0.2) is 11.6 Å². The standard InChI is InChI=1S/C12H16FNO2/c13-11-7-9(5-6-16-14)3-4-12(11)15-8-10-1-2-10/h3-4,7,10H,1-2,5-6,8,14H2. The summed E-state index contributed by atoms with van der Waals surface area (Å²) >= 11 is 0. The van der Waals surface area contributed by atoms with Gasteiger partial charge in [0, 0.05) is 0 Å². The van der Waals surface area contributed by atoms with Crippen molar-refractivity contribution < 1.29 is 14.0 Å². The maximum Gasteiger partial charge on any atom is 0.165 e. The number of nitrogens with two attached hydrogens (primary N) is 1. The second kappa shape index (κ2) is 5.27. The zero-order valence-electron chi connectivity index (χ0n) is 9.12. The summed E-state index contributed by atoms with van der Waals surface area (Å²) in [6.07, 6.45) is 3.01. The minimum Gasteiger partial charge on any atom is -0.490 e. The number of ether oxygens (including phenoxy) is 1. The number of rotatable bonds is 6. The fourth-order valence-electron chi connectivity index (χ4n) is 1.49. The average Bonchev–Trinajstić information content (AvgIpc) is 3.09. The first-order valence-corrected chi connectivity index (χ1v) is 5.52. The van der Waals surface area contributed by atoms with E-state index in [1.54, 1.807) is 6.07 Å². The van der Waals surface area contributed by atoms with Gasteiger partial charge in [-0.05, 0) is 42.9 Å². The van der Waals surface area contributed by atoms with E-state index in [1.165, 1.54) is 18.9 Å². The van der Waals surface area contributed by atoms with Crippen LogP contribution in [-0.2, 0) is 11.3 Å². The monoisotopic (exact) mass is 225 g/mol. The highest BCUT2D eigenvalue weighted by molar-refractivity contribution is 5.29. The Balaban J connectivity index is 1.92. The summed E-state index contributed by atoms with van der Waals surface area (Å²) in [6.45, 7) is 1.02. The molecule has 1 fully saturated rings. The van der Waals surface area contributed by atoms with E-state index in [1.807, 2.05) is 6.07 Å². The maximum atomic E-state index is 13.6. The summed E-state index contributed by atoms with van der Waals surface area (Å²) in [7, 11) is 0. The van der Waals surface area contributed by atoms with E-state index < -0.39 is 0 Å². The molecule has 1 saturated carbocycles. The van der Waals surface area contributed by atoms with Crippen molar-refractivity contribution in [1.29, 1.82) is 0 Å². The Bertz CT molecular complexity index is 353. The molecule has 0 unspecified atom stereocenters. The Hall–Kier alpha value is -1.13. The van der Waals surface area contributed by atoms with E-state index in [-0.39, 0.29) is 5.82 Å². The fourth-order valence-corrected chi connectivity index (χ4v) is 1.49. The normalized spacial score (nSPS) is 15.1. The second-order valence-corrected chi connectivity index (χ2v) is 4.14. The molecule has 0 spiro atoms. The van der Waals surface area contributed by atoms with Gasteiger partial charge in [0.25, 0.3) is 0 Å². The molecule has 2 rings (SSSR count). The first-order chi connectivity index (χ1) is 7.79. The fraction of sp³-hybridized carbons (Fsp3) is 0.500. The van der Waals surface area contributed by atoms with Crippen LogP contribution in [0, 0.1) is 11.7 Å². The molecule has 0 aromatic heterocycles. The summed E-state index contributed by atoms with van der Waals surface area (Å²) in [4.78, 5) is 4.45. The van der Waals surface area contributed by atoms with E-state index in [4.69, 9.17) is 10.6 Å². The van der Waals surface area contributed by atoms with Gasteiger partial charge in [-0.25, -0.2) is 10.3 Å². The molecule has 1 aromatic rings. The number of benzene rings is 1. The van der Waals surface area contributed by atoms with Crippen molar-refractivity contribution in [2.75, 3.05) is 13.2 Å². The van der Waals surface area contributed by atoms with Crippen LogP contribution in [0.15, 0.2) is 18.2 Å². The second-order valence-electron chi connectivity index (χ2n) is 4.14. The maximum absolute atomic E-state index is 13.6. The zero-order chi connectivity index (χ0) is 11.4. The van der Waals surface area contributed by atoms with Crippen molar-refractivity contribution >= 4 is 0 Å². The van der Waals surface area contributed by atoms with Gasteiger partial charge in [-0.1, -0.05) is 6.07 Å². The third-order valence-corrected chi connectivity index (χ3v) is 2.68. The average molecular weight is 225 g/mol. The lowest BCUT2D eigenvalue weighted by Crippen LogP contribution is -2.05. The van der Waals surface area contributed by atoms with Crippen LogP contribution in [0.4, 0.5) is 4.39 Å². The number of halogens is 1. The predicted molar refractivity (Wildman–Crippen MR) is 58.5 cm³/mol. The van der Waals surface area contributed by atoms with Crippen LogP contribution in [0.3, 0.4) is 0 Å². The molecule has 0 bridgehead atoms. The molecule has 2 N–H and O–H groups in total. The van der Waals surface area contributed by atoms with Crippen molar-refractivity contribution in [2.24, 2.45) is 11.8 Å². The van der Waals surface area contributed by atoms with E-state index in [0.29, 0.717) is 31.3 Å². The van der Waals surface area contributed by atoms with Crippen molar-refractivity contribution in [3.05, 3.63) is 29.6 Å². The third-order valence-electron chi connectivity index (χ3n) is 2.68. The molecular formula is C12H16FNO2. The van der Waals surface area contributed by atoms with Gasteiger partial charge in [-0.15, -0.1) is 0 Å². The summed E-state index contributed by atoms with van der Waals surface area (Å²) in [5, 5.41) is 0. The third kappa shape index (κ3) is 3.18. The minimum absolute atomic E-state index is 0.310. The van der Waals surface area contributed by atoms with E-state index in [9.17, 15) is 4.39 Å². The highest BCUT2D eigenvalue weighted by atomic mass is 19.1. The lowest BCUT2D eigenvalue weighted by atomic mass is 10.1. The number of hydrogen-bond acceptors (Lipinski definition) is 3. The molecule has 88 valence electrons. The molecule has 3 nitrogen and oxygen atoms in total. The van der Waals surface area contributed by atoms with Crippen LogP contribution in [0.1, 0.15) is 18.4 Å². The van der Waals surface area contributed by atoms with Crippen LogP contribution in [0.5, 0.6) is 5.75 Å². The smallest absolute Gasteiger partial charge is 0.165 e. The van der Waals surface area contributed by atoms with E-state index in [2.05, 4.69) is 4.84 Å². The topological polar surface area (TPSA) is 44.5 Å². The van der Waals surface area contributed by atoms with Crippen LogP contribution < -0.4 is 10.6 Å². The Labute approximate surface area is 94.3 Å². The highest BCUT2D eigenvalue weighted by Gasteiger charge is 2.22. The van der Waals surface area contributed by atoms with Crippen molar-refractivity contribution in [3.63, 3.8) is 0 Å². The van der Waals surface area contributed by atoms with E-state index >= 15 is 0 Å². The lowest BCUT2D eigenvalue weighted by Gasteiger charge is -2.07. The first kappa shape index (κ1) is 11.4. The van der Waals surface area contributed by atoms with Crippen molar-refractivity contribution in [1.82, 2.24) is 0 Å². The molecule has 16 heavy (non-hydrogen) atoms. The molecule has 0 radical (unpaired) electrons. The summed E-state index contributed by atoms with van der Waals surface area (Å²) in [6, 6.07) is 4.98. The Kier molecular flexibility index (Phi) is 3.74. The molecular weight excluding hydrogens is 209 g/mol. The molecule has 0 aliphatic heterocycles. The van der Waals surface area contributed by atoms with Crippen LogP contribution in [-0.4, -0.2) is 13.2 Å². The zero-order valence-corrected chi connectivity index (χ0v) is 9.12. The molecule has 0 atom stereocenters. The van der Waals surface area contributed by atoms with Gasteiger partial charge in [0.05, 0.1) is 13.2 Å². The predicted octanol–water partition coefficient (Wildman–Crippen LogP) is 2.05. The minimum atomic E-state index is -0.310. The van der Waals surface area contributed by atoms with Crippen molar-refractivity contribution in [3.8, 4) is 5.75 Å². The lowest BCUT2D eigenvalue weighted by molar-refractivity contribution is 0.141. The summed E-state index contributed by atoms with van der Waals surface area (Å²) < 4.78 is 18.9. The first-order valence-electron chi connectivity index (χ1n) is 5.52. The summed E-state index contributed by atoms with van der Waals surface area (Å²) in [5.74, 6) is 5.57. The molecule has 4 heteroatoms. The highest BCUT2D eigenvalue weighted by Crippen LogP contribution is 2.30. The Morgan fingerprint density at radius 3 is 2.81 bits per heavy atom.